The third-order valence-corrected chi connectivity index (χ3v) is 5.26. The van der Waals surface area contributed by atoms with Crippen LogP contribution in [-0.4, -0.2) is 23.4 Å². The van der Waals surface area contributed by atoms with Crippen molar-refractivity contribution in [1.82, 2.24) is 0 Å². The lowest BCUT2D eigenvalue weighted by molar-refractivity contribution is -0.113. The van der Waals surface area contributed by atoms with Crippen molar-refractivity contribution < 1.29 is 14.3 Å². The average Bonchev–Trinajstić information content (AvgIpc) is 2.91. The molecule has 1 amide bonds. The van der Waals surface area contributed by atoms with E-state index in [2.05, 4.69) is 0 Å². The number of carbonyl (C=O) groups excluding carboxylic acids is 1. The van der Waals surface area contributed by atoms with E-state index in [-0.39, 0.29) is 5.91 Å². The second-order valence-corrected chi connectivity index (χ2v) is 7.68. The Kier molecular flexibility index (Phi) is 6.42. The molecule has 2 aromatic rings. The Balaban J connectivity index is 1.90. The maximum atomic E-state index is 12.9. The molecule has 0 aliphatic carbocycles. The minimum atomic E-state index is -0.167. The van der Waals surface area contributed by atoms with Gasteiger partial charge in [0.1, 0.15) is 0 Å². The van der Waals surface area contributed by atoms with E-state index in [1.807, 2.05) is 44.2 Å². The number of amides is 1. The van der Waals surface area contributed by atoms with Gasteiger partial charge in [0.15, 0.2) is 15.8 Å². The van der Waals surface area contributed by atoms with Gasteiger partial charge >= 0.3 is 0 Å². The Labute approximate surface area is 173 Å². The van der Waals surface area contributed by atoms with Gasteiger partial charge in [-0.05, 0) is 55.8 Å². The lowest BCUT2D eigenvalue weighted by Crippen LogP contribution is -2.27. The molecule has 4 nitrogen and oxygen atoms in total. The quantitative estimate of drug-likeness (QED) is 0.453. The van der Waals surface area contributed by atoms with Crippen molar-refractivity contribution in [1.29, 1.82) is 0 Å². The Bertz CT molecular complexity index is 914. The van der Waals surface area contributed by atoms with Crippen LogP contribution in [0.2, 0.25) is 5.02 Å². The highest BCUT2D eigenvalue weighted by Gasteiger charge is 2.33. The zero-order chi connectivity index (χ0) is 19.4. The number of ether oxygens (including phenoxy) is 2. The second-order valence-electron chi connectivity index (χ2n) is 5.57. The number of thiocarbonyl (C=S) groups is 1. The molecule has 1 fully saturated rings. The first-order valence-electron chi connectivity index (χ1n) is 8.46. The van der Waals surface area contributed by atoms with Crippen molar-refractivity contribution in [2.24, 2.45) is 0 Å². The monoisotopic (exact) mass is 419 g/mol. The lowest BCUT2D eigenvalue weighted by atomic mass is 10.1. The maximum Gasteiger partial charge on any atom is 0.270 e. The normalized spacial score (nSPS) is 15.5. The van der Waals surface area contributed by atoms with E-state index in [9.17, 15) is 4.79 Å². The molecular weight excluding hydrogens is 402 g/mol. The van der Waals surface area contributed by atoms with Crippen LogP contribution in [0.15, 0.2) is 47.4 Å². The van der Waals surface area contributed by atoms with Crippen molar-refractivity contribution in [3.05, 3.63) is 58.0 Å². The first kappa shape index (κ1) is 19.7. The van der Waals surface area contributed by atoms with Gasteiger partial charge in [-0.25, -0.2) is 0 Å². The van der Waals surface area contributed by atoms with E-state index in [4.69, 9.17) is 33.3 Å². The van der Waals surface area contributed by atoms with E-state index < -0.39 is 0 Å². The summed E-state index contributed by atoms with van der Waals surface area (Å²) in [7, 11) is 0. The number of carbonyl (C=O) groups is 1. The van der Waals surface area contributed by atoms with Crippen LogP contribution in [0.25, 0.3) is 6.08 Å². The fourth-order valence-corrected chi connectivity index (χ4v) is 4.10. The minimum absolute atomic E-state index is 0.167. The number of anilines is 1. The molecule has 0 unspecified atom stereocenters. The van der Waals surface area contributed by atoms with Crippen molar-refractivity contribution in [3.63, 3.8) is 0 Å². The van der Waals surface area contributed by atoms with Gasteiger partial charge in [0.2, 0.25) is 0 Å². The minimum Gasteiger partial charge on any atom is -0.490 e. The highest BCUT2D eigenvalue weighted by molar-refractivity contribution is 8.27. The van der Waals surface area contributed by atoms with Crippen LogP contribution in [0.1, 0.15) is 19.4 Å². The summed E-state index contributed by atoms with van der Waals surface area (Å²) >= 11 is 12.7. The smallest absolute Gasteiger partial charge is 0.270 e. The number of thioether (sulfide) groups is 1. The van der Waals surface area contributed by atoms with E-state index in [1.54, 1.807) is 18.2 Å². The fraction of sp³-hybridized carbons (Fsp3) is 0.200. The summed E-state index contributed by atoms with van der Waals surface area (Å²) in [6, 6.07) is 12.7. The van der Waals surface area contributed by atoms with Crippen LogP contribution in [0.4, 0.5) is 5.69 Å². The molecule has 0 atom stereocenters. The van der Waals surface area contributed by atoms with Gasteiger partial charge in [-0.15, -0.1) is 0 Å². The van der Waals surface area contributed by atoms with Gasteiger partial charge in [0.25, 0.3) is 5.91 Å². The summed E-state index contributed by atoms with van der Waals surface area (Å²) in [5.41, 5.74) is 1.50. The van der Waals surface area contributed by atoms with E-state index >= 15 is 0 Å². The van der Waals surface area contributed by atoms with E-state index in [0.717, 1.165) is 5.56 Å². The molecule has 3 rings (SSSR count). The van der Waals surface area contributed by atoms with Crippen molar-refractivity contribution in [2.75, 3.05) is 18.1 Å². The summed E-state index contributed by atoms with van der Waals surface area (Å²) in [5, 5.41) is 0.554. The summed E-state index contributed by atoms with van der Waals surface area (Å²) in [6.45, 7) is 4.92. The summed E-state index contributed by atoms with van der Waals surface area (Å²) < 4.78 is 11.7. The molecule has 1 saturated heterocycles. The van der Waals surface area contributed by atoms with Crippen molar-refractivity contribution in [2.45, 2.75) is 13.8 Å². The zero-order valence-corrected chi connectivity index (χ0v) is 17.3. The number of halogens is 1. The molecule has 0 N–H and O–H groups in total. The van der Waals surface area contributed by atoms with Crippen LogP contribution < -0.4 is 14.4 Å². The molecule has 2 aromatic carbocycles. The summed E-state index contributed by atoms with van der Waals surface area (Å²) in [5.74, 6) is 1.17. The standard InChI is InChI=1S/C20H18ClNO3S2/c1-3-24-16-9-8-13(10-17(16)25-4-2)11-18-19(23)22(20(26)27-18)15-7-5-6-14(21)12-15/h5-12H,3-4H2,1-2H3/b18-11-. The predicted molar refractivity (Wildman–Crippen MR) is 116 cm³/mol. The van der Waals surface area contributed by atoms with Crippen LogP contribution in [0, 0.1) is 0 Å². The van der Waals surface area contributed by atoms with E-state index in [1.165, 1.54) is 16.7 Å². The number of benzene rings is 2. The Hall–Kier alpha value is -2.02. The zero-order valence-electron chi connectivity index (χ0n) is 14.9. The SMILES string of the molecule is CCOc1ccc(/C=C2\SC(=S)N(c3cccc(Cl)c3)C2=O)cc1OCC. The van der Waals surface area contributed by atoms with Crippen LogP contribution in [0.5, 0.6) is 11.5 Å². The first-order valence-corrected chi connectivity index (χ1v) is 10.1. The molecule has 0 radical (unpaired) electrons. The molecule has 1 aliphatic heterocycles. The predicted octanol–water partition coefficient (Wildman–Crippen LogP) is 5.54. The van der Waals surface area contributed by atoms with Crippen LogP contribution >= 0.6 is 35.6 Å². The lowest BCUT2D eigenvalue weighted by Gasteiger charge is -2.14. The third kappa shape index (κ3) is 4.46. The van der Waals surface area contributed by atoms with Crippen LogP contribution in [-0.2, 0) is 4.79 Å². The number of hydrogen-bond acceptors (Lipinski definition) is 5. The van der Waals surface area contributed by atoms with Gasteiger partial charge < -0.3 is 9.47 Å². The Morgan fingerprint density at radius 2 is 1.85 bits per heavy atom. The molecule has 0 bridgehead atoms. The molecule has 0 saturated carbocycles. The summed E-state index contributed by atoms with van der Waals surface area (Å²) in [6.07, 6.45) is 1.81. The average molecular weight is 420 g/mol. The number of hydrogen-bond donors (Lipinski definition) is 0. The molecule has 0 aromatic heterocycles. The maximum absolute atomic E-state index is 12.9. The second kappa shape index (κ2) is 8.78. The number of rotatable bonds is 6. The molecular formula is C20H18ClNO3S2. The third-order valence-electron chi connectivity index (χ3n) is 3.73. The largest absolute Gasteiger partial charge is 0.490 e. The molecule has 0 spiro atoms. The van der Waals surface area contributed by atoms with Gasteiger partial charge in [-0.1, -0.05) is 47.7 Å². The van der Waals surface area contributed by atoms with Gasteiger partial charge in [-0.3, -0.25) is 9.69 Å². The Morgan fingerprint density at radius 3 is 2.56 bits per heavy atom. The molecule has 7 heteroatoms. The highest BCUT2D eigenvalue weighted by Crippen LogP contribution is 2.37. The van der Waals surface area contributed by atoms with Crippen LogP contribution in [0.3, 0.4) is 0 Å². The van der Waals surface area contributed by atoms with Gasteiger partial charge in [-0.2, -0.15) is 0 Å². The number of nitrogens with zero attached hydrogens (tertiary/aromatic N) is 1. The fourth-order valence-electron chi connectivity index (χ4n) is 2.61. The molecule has 140 valence electrons. The van der Waals surface area contributed by atoms with Crippen molar-refractivity contribution >= 4 is 57.6 Å². The summed E-state index contributed by atoms with van der Waals surface area (Å²) in [4.78, 5) is 14.9. The Morgan fingerprint density at radius 1 is 1.11 bits per heavy atom. The molecule has 1 aliphatic rings. The topological polar surface area (TPSA) is 38.8 Å². The van der Waals surface area contributed by atoms with Gasteiger partial charge in [0, 0.05) is 5.02 Å². The first-order chi connectivity index (χ1) is 13.0. The van der Waals surface area contributed by atoms with Crippen molar-refractivity contribution in [3.8, 4) is 11.5 Å². The molecule has 1 heterocycles. The van der Waals surface area contributed by atoms with Gasteiger partial charge in [0.05, 0.1) is 23.8 Å². The molecule has 27 heavy (non-hydrogen) atoms. The highest BCUT2D eigenvalue weighted by atomic mass is 35.5. The van der Waals surface area contributed by atoms with E-state index in [0.29, 0.717) is 44.6 Å².